The first-order chi connectivity index (χ1) is 20.9. The van der Waals surface area contributed by atoms with Gasteiger partial charge in [0.1, 0.15) is 4.88 Å². The van der Waals surface area contributed by atoms with Crippen molar-refractivity contribution in [1.82, 2.24) is 19.5 Å². The fourth-order valence-corrected chi connectivity index (χ4v) is 7.99. The van der Waals surface area contributed by atoms with Crippen LogP contribution in [0.3, 0.4) is 0 Å². The maximum Gasteiger partial charge on any atom is 0.346 e. The van der Waals surface area contributed by atoms with Crippen molar-refractivity contribution in [3.05, 3.63) is 70.9 Å². The Morgan fingerprint density at radius 2 is 1.84 bits per heavy atom. The second-order valence-electron chi connectivity index (χ2n) is 12.2. The molecule has 0 spiro atoms. The SMILES string of the molecule is CC1CCC(C2=C(c3cc(-c4ccc(-c5cc6ncccn6n5)cc4)sc3C(=O)O)CN(C(=O)C3CCOC3)CC2)CC1. The molecule has 1 N–H and O–H groups in total. The van der Waals surface area contributed by atoms with Crippen molar-refractivity contribution in [2.75, 3.05) is 26.3 Å². The molecule has 1 aliphatic carbocycles. The van der Waals surface area contributed by atoms with Gasteiger partial charge in [0.2, 0.25) is 5.91 Å². The highest BCUT2D eigenvalue weighted by molar-refractivity contribution is 7.17. The molecule has 0 bridgehead atoms. The van der Waals surface area contributed by atoms with Gasteiger partial charge in [0.05, 0.1) is 18.2 Å². The summed E-state index contributed by atoms with van der Waals surface area (Å²) < 4.78 is 7.27. The summed E-state index contributed by atoms with van der Waals surface area (Å²) in [5, 5.41) is 15.0. The van der Waals surface area contributed by atoms with E-state index in [4.69, 9.17) is 4.74 Å². The molecule has 1 atom stereocenters. The van der Waals surface area contributed by atoms with Gasteiger partial charge < -0.3 is 14.7 Å². The smallest absolute Gasteiger partial charge is 0.346 e. The number of rotatable bonds is 6. The van der Waals surface area contributed by atoms with Gasteiger partial charge in [-0.05, 0) is 60.8 Å². The number of thiophene rings is 1. The topological polar surface area (TPSA) is 97.0 Å². The molecule has 43 heavy (non-hydrogen) atoms. The van der Waals surface area contributed by atoms with E-state index in [9.17, 15) is 14.7 Å². The first-order valence-electron chi connectivity index (χ1n) is 15.3. The molecule has 222 valence electrons. The molecule has 1 saturated heterocycles. The normalized spacial score (nSPS) is 22.8. The highest BCUT2D eigenvalue weighted by Gasteiger charge is 2.35. The number of fused-ring (bicyclic) bond motifs is 1. The Kier molecular flexibility index (Phi) is 7.61. The molecule has 8 nitrogen and oxygen atoms in total. The summed E-state index contributed by atoms with van der Waals surface area (Å²) in [7, 11) is 0. The molecule has 3 aliphatic rings. The number of carbonyl (C=O) groups excluding carboxylic acids is 1. The molecule has 1 saturated carbocycles. The van der Waals surface area contributed by atoms with Crippen LogP contribution < -0.4 is 0 Å². The van der Waals surface area contributed by atoms with Crippen LogP contribution in [0, 0.1) is 17.8 Å². The molecule has 2 aliphatic heterocycles. The number of benzene rings is 1. The number of carbonyl (C=O) groups is 2. The molecular formula is C34H36N4O4S. The van der Waals surface area contributed by atoms with Gasteiger partial charge >= 0.3 is 5.97 Å². The number of amides is 1. The van der Waals surface area contributed by atoms with Crippen LogP contribution >= 0.6 is 11.3 Å². The van der Waals surface area contributed by atoms with Crippen molar-refractivity contribution in [2.24, 2.45) is 17.8 Å². The number of aromatic carboxylic acids is 1. The van der Waals surface area contributed by atoms with Crippen LogP contribution in [0.5, 0.6) is 0 Å². The first kappa shape index (κ1) is 28.0. The second kappa shape index (κ2) is 11.7. The van der Waals surface area contributed by atoms with E-state index in [0.717, 1.165) is 70.1 Å². The van der Waals surface area contributed by atoms with Gasteiger partial charge in [0, 0.05) is 54.2 Å². The maximum absolute atomic E-state index is 13.5. The standard InChI is InChI=1S/C34H36N4O4S/c1-21-3-5-22(6-4-21)26-11-15-37(33(39)25-12-16-42-20-25)19-28(26)27-17-30(43-32(27)34(40)41)24-9-7-23(8-10-24)29-18-31-35-13-2-14-38(31)36-29/h2,7-10,13-14,17-18,21-22,25H,3-6,11-12,15-16,19-20H2,1H3,(H,40,41). The second-order valence-corrected chi connectivity index (χ2v) is 13.3. The zero-order chi connectivity index (χ0) is 29.5. The van der Waals surface area contributed by atoms with Gasteiger partial charge in [-0.1, -0.05) is 49.6 Å². The third kappa shape index (κ3) is 5.52. The molecule has 7 rings (SSSR count). The Balaban J connectivity index is 1.24. The van der Waals surface area contributed by atoms with Crippen molar-refractivity contribution in [3.8, 4) is 21.7 Å². The van der Waals surface area contributed by atoms with Crippen molar-refractivity contribution in [3.63, 3.8) is 0 Å². The monoisotopic (exact) mass is 596 g/mol. The fourth-order valence-electron chi connectivity index (χ4n) is 6.96. The van der Waals surface area contributed by atoms with E-state index < -0.39 is 5.97 Å². The fraction of sp³-hybridized carbons (Fsp3) is 0.412. The van der Waals surface area contributed by atoms with Crippen LogP contribution in [0.1, 0.15) is 60.7 Å². The largest absolute Gasteiger partial charge is 0.477 e. The van der Waals surface area contributed by atoms with Crippen molar-refractivity contribution >= 4 is 34.4 Å². The van der Waals surface area contributed by atoms with Crippen LogP contribution in [-0.4, -0.2) is 62.8 Å². The minimum atomic E-state index is -0.920. The molecular weight excluding hydrogens is 560 g/mol. The van der Waals surface area contributed by atoms with E-state index in [0.29, 0.717) is 37.1 Å². The minimum absolute atomic E-state index is 0.0995. The van der Waals surface area contributed by atoms with Crippen LogP contribution in [-0.2, 0) is 9.53 Å². The Bertz CT molecular complexity index is 1660. The lowest BCUT2D eigenvalue weighted by Crippen LogP contribution is -2.41. The number of ether oxygens (including phenoxy) is 1. The lowest BCUT2D eigenvalue weighted by atomic mass is 9.75. The molecule has 9 heteroatoms. The molecule has 3 aromatic heterocycles. The lowest BCUT2D eigenvalue weighted by Gasteiger charge is -2.37. The third-order valence-electron chi connectivity index (χ3n) is 9.44. The van der Waals surface area contributed by atoms with E-state index in [2.05, 4.69) is 17.0 Å². The molecule has 0 radical (unpaired) electrons. The van der Waals surface area contributed by atoms with Crippen molar-refractivity contribution in [1.29, 1.82) is 0 Å². The number of aromatic nitrogens is 3. The average Bonchev–Trinajstić information content (AvgIpc) is 3.81. The average molecular weight is 597 g/mol. The van der Waals surface area contributed by atoms with Gasteiger partial charge in [0.15, 0.2) is 5.65 Å². The Hall–Kier alpha value is -3.82. The van der Waals surface area contributed by atoms with Gasteiger partial charge in [-0.25, -0.2) is 14.3 Å². The quantitative estimate of drug-likeness (QED) is 0.267. The van der Waals surface area contributed by atoms with Crippen LogP contribution in [0.15, 0.2) is 60.4 Å². The minimum Gasteiger partial charge on any atom is -0.477 e. The number of carboxylic acids is 1. The van der Waals surface area contributed by atoms with Gasteiger partial charge in [-0.15, -0.1) is 11.3 Å². The Morgan fingerprint density at radius 1 is 1.05 bits per heavy atom. The summed E-state index contributed by atoms with van der Waals surface area (Å²) in [5.41, 5.74) is 6.74. The summed E-state index contributed by atoms with van der Waals surface area (Å²) in [6, 6.07) is 14.0. The summed E-state index contributed by atoms with van der Waals surface area (Å²) in [6.45, 7) is 4.59. The zero-order valence-corrected chi connectivity index (χ0v) is 25.2. The van der Waals surface area contributed by atoms with E-state index in [1.807, 2.05) is 53.6 Å². The first-order valence-corrected chi connectivity index (χ1v) is 16.1. The molecule has 4 aromatic rings. The predicted octanol–water partition coefficient (Wildman–Crippen LogP) is 6.67. The summed E-state index contributed by atoms with van der Waals surface area (Å²) in [5.74, 6) is 0.291. The lowest BCUT2D eigenvalue weighted by molar-refractivity contribution is -0.135. The van der Waals surface area contributed by atoms with E-state index >= 15 is 0 Å². The molecule has 5 heterocycles. The summed E-state index contributed by atoms with van der Waals surface area (Å²) >= 11 is 1.32. The van der Waals surface area contributed by atoms with Gasteiger partial charge in [-0.2, -0.15) is 5.10 Å². The van der Waals surface area contributed by atoms with Crippen molar-refractivity contribution < 1.29 is 19.4 Å². The van der Waals surface area contributed by atoms with E-state index in [1.165, 1.54) is 29.8 Å². The molecule has 1 aromatic carbocycles. The molecule has 1 unspecified atom stereocenters. The summed E-state index contributed by atoms with van der Waals surface area (Å²) in [6.07, 6.45) is 9.83. The van der Waals surface area contributed by atoms with Crippen LogP contribution in [0.4, 0.5) is 0 Å². The van der Waals surface area contributed by atoms with Gasteiger partial charge in [0.25, 0.3) is 0 Å². The third-order valence-corrected chi connectivity index (χ3v) is 10.6. The maximum atomic E-state index is 13.5. The van der Waals surface area contributed by atoms with Crippen molar-refractivity contribution in [2.45, 2.75) is 45.4 Å². The van der Waals surface area contributed by atoms with E-state index in [-0.39, 0.29) is 11.8 Å². The van der Waals surface area contributed by atoms with Crippen LogP contribution in [0.25, 0.3) is 32.9 Å². The van der Waals surface area contributed by atoms with Crippen LogP contribution in [0.2, 0.25) is 0 Å². The Labute approximate surface area is 255 Å². The number of hydrogen-bond donors (Lipinski definition) is 1. The highest BCUT2D eigenvalue weighted by atomic mass is 32.1. The zero-order valence-electron chi connectivity index (χ0n) is 24.4. The predicted molar refractivity (Wildman–Crippen MR) is 167 cm³/mol. The molecule has 1 amide bonds. The van der Waals surface area contributed by atoms with E-state index in [1.54, 1.807) is 10.7 Å². The Morgan fingerprint density at radius 3 is 2.56 bits per heavy atom. The molecule has 2 fully saturated rings. The number of nitrogens with zero attached hydrogens (tertiary/aromatic N) is 4. The summed E-state index contributed by atoms with van der Waals surface area (Å²) in [4.78, 5) is 33.7. The number of hydrogen-bond acceptors (Lipinski definition) is 6. The highest BCUT2D eigenvalue weighted by Crippen LogP contribution is 2.44. The number of carboxylic acid groups (broad SMARTS) is 1. The van der Waals surface area contributed by atoms with Gasteiger partial charge in [-0.3, -0.25) is 4.79 Å².